The lowest BCUT2D eigenvalue weighted by atomic mass is 10.2. The lowest BCUT2D eigenvalue weighted by molar-refractivity contribution is 0.174. The molecule has 1 fully saturated rings. The van der Waals surface area contributed by atoms with Gasteiger partial charge in [0, 0.05) is 24.4 Å². The first kappa shape index (κ1) is 11.9. The minimum atomic E-state index is 0.254. The predicted molar refractivity (Wildman–Crippen MR) is 75.4 cm³/mol. The number of rotatable bonds is 4. The van der Waals surface area contributed by atoms with Crippen LogP contribution in [0, 0.1) is 0 Å². The molecule has 2 aromatic rings. The van der Waals surface area contributed by atoms with E-state index in [1.807, 2.05) is 18.6 Å². The second-order valence-corrected chi connectivity index (χ2v) is 5.47. The van der Waals surface area contributed by atoms with Crippen molar-refractivity contribution in [3.8, 4) is 11.5 Å². The number of hydrogen-bond acceptors (Lipinski definition) is 4. The molecule has 0 amide bonds. The van der Waals surface area contributed by atoms with Crippen molar-refractivity contribution in [2.45, 2.75) is 25.4 Å². The van der Waals surface area contributed by atoms with Crippen LogP contribution in [-0.2, 0) is 6.54 Å². The average molecular weight is 292 g/mol. The summed E-state index contributed by atoms with van der Waals surface area (Å²) in [4.78, 5) is 4.22. The van der Waals surface area contributed by atoms with Crippen molar-refractivity contribution in [1.29, 1.82) is 0 Å². The molecule has 20 heavy (non-hydrogen) atoms. The SMILES string of the molecule is Clc1cc2c(cc1NCc1cncn1C1CC1)OCO2. The van der Waals surface area contributed by atoms with Crippen LogP contribution in [0.1, 0.15) is 24.6 Å². The predicted octanol–water partition coefficient (Wildman–Crippen LogP) is 3.21. The molecule has 2 aliphatic rings. The number of nitrogens with zero attached hydrogens (tertiary/aromatic N) is 2. The van der Waals surface area contributed by atoms with Crippen LogP contribution in [0.5, 0.6) is 11.5 Å². The number of nitrogens with one attached hydrogen (secondary N) is 1. The third-order valence-electron chi connectivity index (χ3n) is 3.61. The van der Waals surface area contributed by atoms with Gasteiger partial charge < -0.3 is 19.4 Å². The summed E-state index contributed by atoms with van der Waals surface area (Å²) >= 11 is 6.24. The standard InChI is InChI=1S/C14H14ClN3O2/c15-11-3-13-14(20-8-19-13)4-12(11)17-6-10-5-16-7-18(10)9-1-2-9/h3-5,7,9,17H,1-2,6,8H2. The molecule has 0 spiro atoms. The van der Waals surface area contributed by atoms with Gasteiger partial charge in [0.1, 0.15) is 0 Å². The zero-order valence-electron chi connectivity index (χ0n) is 10.8. The molecule has 5 nitrogen and oxygen atoms in total. The van der Waals surface area contributed by atoms with Crippen molar-refractivity contribution in [2.24, 2.45) is 0 Å². The van der Waals surface area contributed by atoms with Crippen molar-refractivity contribution in [3.63, 3.8) is 0 Å². The Kier molecular flexibility index (Phi) is 2.73. The van der Waals surface area contributed by atoms with E-state index in [0.29, 0.717) is 23.4 Å². The van der Waals surface area contributed by atoms with Crippen LogP contribution < -0.4 is 14.8 Å². The van der Waals surface area contributed by atoms with Crippen LogP contribution in [0.25, 0.3) is 0 Å². The lowest BCUT2D eigenvalue weighted by Gasteiger charge is -2.11. The maximum atomic E-state index is 6.24. The maximum Gasteiger partial charge on any atom is 0.231 e. The Labute approximate surface area is 121 Å². The first-order chi connectivity index (χ1) is 9.81. The molecule has 104 valence electrons. The number of fused-ring (bicyclic) bond motifs is 1. The van der Waals surface area contributed by atoms with Gasteiger partial charge in [0.15, 0.2) is 11.5 Å². The summed E-state index contributed by atoms with van der Waals surface area (Å²) in [5, 5.41) is 3.97. The molecule has 0 saturated heterocycles. The third-order valence-corrected chi connectivity index (χ3v) is 3.92. The zero-order valence-corrected chi connectivity index (χ0v) is 11.6. The molecule has 0 unspecified atom stereocenters. The largest absolute Gasteiger partial charge is 0.454 e. The summed E-state index contributed by atoms with van der Waals surface area (Å²) in [6.45, 7) is 0.944. The van der Waals surface area contributed by atoms with Gasteiger partial charge in [-0.25, -0.2) is 4.98 Å². The molecule has 1 aliphatic carbocycles. The normalized spacial score (nSPS) is 16.4. The van der Waals surface area contributed by atoms with Crippen LogP contribution in [0.4, 0.5) is 5.69 Å². The van der Waals surface area contributed by atoms with E-state index in [1.54, 1.807) is 6.07 Å². The van der Waals surface area contributed by atoms with Crippen LogP contribution in [0.2, 0.25) is 5.02 Å². The summed E-state index contributed by atoms with van der Waals surface area (Å²) in [7, 11) is 0. The Balaban J connectivity index is 1.53. The molecule has 1 aromatic carbocycles. The van der Waals surface area contributed by atoms with Crippen molar-refractivity contribution in [2.75, 3.05) is 12.1 Å². The minimum absolute atomic E-state index is 0.254. The van der Waals surface area contributed by atoms with Gasteiger partial charge in [0.2, 0.25) is 6.79 Å². The van der Waals surface area contributed by atoms with Gasteiger partial charge in [-0.15, -0.1) is 0 Å². The molecule has 0 bridgehead atoms. The van der Waals surface area contributed by atoms with Gasteiger partial charge in [0.25, 0.3) is 0 Å². The van der Waals surface area contributed by atoms with Gasteiger partial charge in [-0.2, -0.15) is 0 Å². The summed E-state index contributed by atoms with van der Waals surface area (Å²) in [5.74, 6) is 1.43. The Hall–Kier alpha value is -1.88. The number of halogens is 1. The first-order valence-electron chi connectivity index (χ1n) is 6.65. The van der Waals surface area contributed by atoms with E-state index in [4.69, 9.17) is 21.1 Å². The van der Waals surface area contributed by atoms with Gasteiger partial charge in [0.05, 0.1) is 29.3 Å². The second-order valence-electron chi connectivity index (χ2n) is 5.06. The van der Waals surface area contributed by atoms with Crippen molar-refractivity contribution in [3.05, 3.63) is 35.4 Å². The van der Waals surface area contributed by atoms with E-state index in [1.165, 1.54) is 18.5 Å². The lowest BCUT2D eigenvalue weighted by Crippen LogP contribution is -2.06. The minimum Gasteiger partial charge on any atom is -0.454 e. The van der Waals surface area contributed by atoms with Crippen molar-refractivity contribution in [1.82, 2.24) is 9.55 Å². The fourth-order valence-electron chi connectivity index (χ4n) is 2.39. The smallest absolute Gasteiger partial charge is 0.231 e. The Morgan fingerprint density at radius 3 is 2.90 bits per heavy atom. The fraction of sp³-hybridized carbons (Fsp3) is 0.357. The molecular weight excluding hydrogens is 278 g/mol. The van der Waals surface area contributed by atoms with Crippen molar-refractivity contribution < 1.29 is 9.47 Å². The number of benzene rings is 1. The Morgan fingerprint density at radius 2 is 2.10 bits per heavy atom. The average Bonchev–Trinajstić information content (AvgIpc) is 3.01. The summed E-state index contributed by atoms with van der Waals surface area (Å²) in [6.07, 6.45) is 6.28. The monoisotopic (exact) mass is 291 g/mol. The molecule has 0 atom stereocenters. The topological polar surface area (TPSA) is 48.3 Å². The van der Waals surface area contributed by atoms with Crippen LogP contribution in [0.15, 0.2) is 24.7 Å². The quantitative estimate of drug-likeness (QED) is 0.940. The summed E-state index contributed by atoms with van der Waals surface area (Å²) < 4.78 is 12.9. The molecule has 0 radical (unpaired) electrons. The fourth-order valence-corrected chi connectivity index (χ4v) is 2.61. The van der Waals surface area contributed by atoms with Crippen LogP contribution in [0.3, 0.4) is 0 Å². The highest BCUT2D eigenvalue weighted by atomic mass is 35.5. The van der Waals surface area contributed by atoms with E-state index in [0.717, 1.165) is 11.4 Å². The number of anilines is 1. The van der Waals surface area contributed by atoms with E-state index >= 15 is 0 Å². The molecule has 1 aromatic heterocycles. The van der Waals surface area contributed by atoms with Gasteiger partial charge in [-0.05, 0) is 12.8 Å². The zero-order chi connectivity index (χ0) is 13.5. The van der Waals surface area contributed by atoms with Gasteiger partial charge in [-0.3, -0.25) is 0 Å². The van der Waals surface area contributed by atoms with Crippen LogP contribution in [-0.4, -0.2) is 16.3 Å². The van der Waals surface area contributed by atoms with Gasteiger partial charge in [-0.1, -0.05) is 11.6 Å². The van der Waals surface area contributed by atoms with E-state index < -0.39 is 0 Å². The summed E-state index contributed by atoms with van der Waals surface area (Å²) in [5.41, 5.74) is 2.01. The molecule has 1 N–H and O–H groups in total. The first-order valence-corrected chi connectivity index (χ1v) is 7.03. The molecule has 1 aliphatic heterocycles. The third kappa shape index (κ3) is 2.08. The number of imidazole rings is 1. The Bertz CT molecular complexity index is 652. The number of ether oxygens (including phenoxy) is 2. The van der Waals surface area contributed by atoms with E-state index in [-0.39, 0.29) is 6.79 Å². The highest BCUT2D eigenvalue weighted by molar-refractivity contribution is 6.33. The van der Waals surface area contributed by atoms with Crippen molar-refractivity contribution >= 4 is 17.3 Å². The van der Waals surface area contributed by atoms with E-state index in [2.05, 4.69) is 14.9 Å². The number of aromatic nitrogens is 2. The second kappa shape index (κ2) is 4.59. The molecule has 2 heterocycles. The number of hydrogen-bond donors (Lipinski definition) is 1. The van der Waals surface area contributed by atoms with Crippen LogP contribution >= 0.6 is 11.6 Å². The molecule has 1 saturated carbocycles. The maximum absolute atomic E-state index is 6.24. The molecule has 6 heteroatoms. The highest BCUT2D eigenvalue weighted by Crippen LogP contribution is 2.39. The Morgan fingerprint density at radius 1 is 1.30 bits per heavy atom. The molecular formula is C14H14ClN3O2. The van der Waals surface area contributed by atoms with Gasteiger partial charge >= 0.3 is 0 Å². The van der Waals surface area contributed by atoms with E-state index in [9.17, 15) is 0 Å². The summed E-state index contributed by atoms with van der Waals surface area (Å²) in [6, 6.07) is 4.29. The highest BCUT2D eigenvalue weighted by Gasteiger charge is 2.25. The molecule has 4 rings (SSSR count).